The number of H-pyrrole nitrogens is 1. The molecule has 1 aliphatic rings. The SMILES string of the molecule is O=C(c1ccnn1C(F)F)N1CCc2[nH]cnc2[C@@H]1c1cc2cc(F)ccc2o1. The van der Waals surface area contributed by atoms with Crippen LogP contribution in [-0.2, 0) is 6.42 Å². The van der Waals surface area contributed by atoms with Gasteiger partial charge in [0.25, 0.3) is 5.91 Å². The highest BCUT2D eigenvalue weighted by Crippen LogP contribution is 2.37. The molecule has 10 heteroatoms. The lowest BCUT2D eigenvalue weighted by Gasteiger charge is -2.33. The van der Waals surface area contributed by atoms with Crippen molar-refractivity contribution in [2.75, 3.05) is 6.54 Å². The van der Waals surface area contributed by atoms with Crippen LogP contribution in [-0.4, -0.2) is 37.1 Å². The number of hydrogen-bond donors (Lipinski definition) is 1. The Morgan fingerprint density at radius 1 is 1.28 bits per heavy atom. The van der Waals surface area contributed by atoms with Crippen LogP contribution in [0.25, 0.3) is 11.0 Å². The lowest BCUT2D eigenvalue weighted by atomic mass is 9.99. The summed E-state index contributed by atoms with van der Waals surface area (Å²) in [7, 11) is 0. The number of rotatable bonds is 3. The Morgan fingerprint density at radius 3 is 2.97 bits per heavy atom. The standard InChI is InChI=1S/C19H14F3N5O2/c20-11-1-2-14-10(7-11)8-15(29-14)17-16-12(23-9-24-16)4-6-26(17)18(28)13-3-5-25-27(13)19(21)22/h1-3,5,7-9,17,19H,4,6H2,(H,23,24)/t17-/m0/s1. The molecule has 0 saturated carbocycles. The van der Waals surface area contributed by atoms with Crippen LogP contribution in [0.1, 0.15) is 40.2 Å². The number of carbonyl (C=O) groups excluding carboxylic acids is 1. The summed E-state index contributed by atoms with van der Waals surface area (Å²) in [6.07, 6.45) is 3.15. The van der Waals surface area contributed by atoms with Crippen LogP contribution < -0.4 is 0 Å². The number of halogens is 3. The Balaban J connectivity index is 1.62. The van der Waals surface area contributed by atoms with Gasteiger partial charge in [0.1, 0.15) is 28.9 Å². The minimum absolute atomic E-state index is 0.230. The molecule has 0 fully saturated rings. The Hall–Kier alpha value is -3.56. The summed E-state index contributed by atoms with van der Waals surface area (Å²) in [4.78, 5) is 21.9. The second-order valence-electron chi connectivity index (χ2n) is 6.69. The van der Waals surface area contributed by atoms with Crippen molar-refractivity contribution in [2.24, 2.45) is 0 Å². The first kappa shape index (κ1) is 17.5. The smallest absolute Gasteiger partial charge is 0.333 e. The summed E-state index contributed by atoms with van der Waals surface area (Å²) < 4.78 is 46.3. The molecular weight excluding hydrogens is 387 g/mol. The average Bonchev–Trinajstić information content (AvgIpc) is 3.43. The van der Waals surface area contributed by atoms with E-state index in [0.29, 0.717) is 33.5 Å². The van der Waals surface area contributed by atoms with E-state index in [4.69, 9.17) is 4.42 Å². The molecule has 29 heavy (non-hydrogen) atoms. The van der Waals surface area contributed by atoms with Gasteiger partial charge in [-0.25, -0.2) is 9.37 Å². The lowest BCUT2D eigenvalue weighted by molar-refractivity contribution is 0.0436. The first-order valence-electron chi connectivity index (χ1n) is 8.86. The van der Waals surface area contributed by atoms with Gasteiger partial charge in [0.05, 0.1) is 12.0 Å². The van der Waals surface area contributed by atoms with E-state index in [1.165, 1.54) is 35.5 Å². The fourth-order valence-corrected chi connectivity index (χ4v) is 3.74. The monoisotopic (exact) mass is 401 g/mol. The quantitative estimate of drug-likeness (QED) is 0.568. The maximum absolute atomic E-state index is 13.6. The molecule has 1 atom stereocenters. The molecule has 1 aromatic carbocycles. The number of benzene rings is 1. The van der Waals surface area contributed by atoms with Gasteiger partial charge in [-0.2, -0.15) is 18.6 Å². The number of alkyl halides is 2. The summed E-state index contributed by atoms with van der Waals surface area (Å²) in [5.74, 6) is -0.661. The largest absolute Gasteiger partial charge is 0.458 e. The van der Waals surface area contributed by atoms with E-state index in [9.17, 15) is 18.0 Å². The predicted octanol–water partition coefficient (Wildman–Crippen LogP) is 3.67. The highest BCUT2D eigenvalue weighted by molar-refractivity contribution is 5.93. The number of carbonyl (C=O) groups is 1. The van der Waals surface area contributed by atoms with E-state index < -0.39 is 24.3 Å². The summed E-state index contributed by atoms with van der Waals surface area (Å²) in [6.45, 7) is -2.68. The van der Waals surface area contributed by atoms with Gasteiger partial charge >= 0.3 is 6.55 Å². The predicted molar refractivity (Wildman–Crippen MR) is 94.8 cm³/mol. The van der Waals surface area contributed by atoms with E-state index in [-0.39, 0.29) is 12.2 Å². The molecule has 148 valence electrons. The molecule has 5 rings (SSSR count). The molecule has 0 aliphatic carbocycles. The van der Waals surface area contributed by atoms with Gasteiger partial charge in [-0.3, -0.25) is 4.79 Å². The highest BCUT2D eigenvalue weighted by Gasteiger charge is 2.38. The van der Waals surface area contributed by atoms with Crippen LogP contribution >= 0.6 is 0 Å². The van der Waals surface area contributed by atoms with E-state index in [2.05, 4.69) is 15.1 Å². The molecule has 1 amide bonds. The summed E-state index contributed by atoms with van der Waals surface area (Å²) in [5, 5.41) is 4.08. The maximum Gasteiger partial charge on any atom is 0.333 e. The molecule has 3 aromatic heterocycles. The molecule has 1 aliphatic heterocycles. The van der Waals surface area contributed by atoms with Crippen LogP contribution in [0.2, 0.25) is 0 Å². The number of fused-ring (bicyclic) bond motifs is 2. The van der Waals surface area contributed by atoms with Gasteiger partial charge < -0.3 is 14.3 Å². The highest BCUT2D eigenvalue weighted by atomic mass is 19.3. The third-order valence-electron chi connectivity index (χ3n) is 5.03. The van der Waals surface area contributed by atoms with Crippen molar-refractivity contribution in [1.82, 2.24) is 24.6 Å². The number of nitrogens with zero attached hydrogens (tertiary/aromatic N) is 4. The normalized spacial score (nSPS) is 16.6. The number of furan rings is 1. The molecule has 0 spiro atoms. The summed E-state index contributed by atoms with van der Waals surface area (Å²) in [5.41, 5.74) is 1.61. The molecule has 4 aromatic rings. The maximum atomic E-state index is 13.6. The third-order valence-corrected chi connectivity index (χ3v) is 5.03. The molecule has 4 heterocycles. The Kier molecular flexibility index (Phi) is 3.93. The first-order valence-corrected chi connectivity index (χ1v) is 8.86. The van der Waals surface area contributed by atoms with Gasteiger partial charge in [0.15, 0.2) is 0 Å². The Bertz CT molecular complexity index is 1210. The van der Waals surface area contributed by atoms with Crippen molar-refractivity contribution in [3.8, 4) is 0 Å². The average molecular weight is 401 g/mol. The third kappa shape index (κ3) is 2.79. The van der Waals surface area contributed by atoms with Crippen molar-refractivity contribution in [3.05, 3.63) is 71.5 Å². The lowest BCUT2D eigenvalue weighted by Crippen LogP contribution is -2.41. The second kappa shape index (κ2) is 6.50. The molecular formula is C19H14F3N5O2. The van der Waals surface area contributed by atoms with Gasteiger partial charge in [0.2, 0.25) is 0 Å². The zero-order valence-electron chi connectivity index (χ0n) is 14.8. The van der Waals surface area contributed by atoms with Crippen molar-refractivity contribution >= 4 is 16.9 Å². The van der Waals surface area contributed by atoms with Crippen LogP contribution in [0, 0.1) is 5.82 Å². The number of nitrogens with one attached hydrogen (secondary N) is 1. The molecule has 7 nitrogen and oxygen atoms in total. The molecule has 0 unspecified atom stereocenters. The van der Waals surface area contributed by atoms with Crippen molar-refractivity contribution in [1.29, 1.82) is 0 Å². The summed E-state index contributed by atoms with van der Waals surface area (Å²) in [6, 6.07) is 6.25. The van der Waals surface area contributed by atoms with Crippen LogP contribution in [0.15, 0.2) is 47.3 Å². The van der Waals surface area contributed by atoms with E-state index in [1.807, 2.05) is 0 Å². The van der Waals surface area contributed by atoms with Crippen LogP contribution in [0.3, 0.4) is 0 Å². The van der Waals surface area contributed by atoms with Crippen molar-refractivity contribution < 1.29 is 22.4 Å². The second-order valence-corrected chi connectivity index (χ2v) is 6.69. The first-order chi connectivity index (χ1) is 14.0. The number of amides is 1. The molecule has 0 radical (unpaired) electrons. The van der Waals surface area contributed by atoms with E-state index in [1.54, 1.807) is 6.07 Å². The van der Waals surface area contributed by atoms with Crippen LogP contribution in [0.4, 0.5) is 13.2 Å². The number of aromatic nitrogens is 4. The number of hydrogen-bond acceptors (Lipinski definition) is 4. The number of imidazole rings is 1. The van der Waals surface area contributed by atoms with Crippen molar-refractivity contribution in [2.45, 2.75) is 19.0 Å². The zero-order valence-corrected chi connectivity index (χ0v) is 14.8. The minimum Gasteiger partial charge on any atom is -0.458 e. The fourth-order valence-electron chi connectivity index (χ4n) is 3.74. The van der Waals surface area contributed by atoms with Gasteiger partial charge in [-0.05, 0) is 30.3 Å². The Morgan fingerprint density at radius 2 is 2.14 bits per heavy atom. The molecule has 0 saturated heterocycles. The zero-order chi connectivity index (χ0) is 20.1. The molecule has 0 bridgehead atoms. The van der Waals surface area contributed by atoms with Crippen molar-refractivity contribution in [3.63, 3.8) is 0 Å². The fraction of sp³-hybridized carbons (Fsp3) is 0.211. The summed E-state index contributed by atoms with van der Waals surface area (Å²) >= 11 is 0. The molecule has 1 N–H and O–H groups in total. The number of aromatic amines is 1. The topological polar surface area (TPSA) is 80.0 Å². The van der Waals surface area contributed by atoms with Crippen LogP contribution in [0.5, 0.6) is 0 Å². The van der Waals surface area contributed by atoms with Gasteiger partial charge in [-0.1, -0.05) is 0 Å². The van der Waals surface area contributed by atoms with Gasteiger partial charge in [-0.15, -0.1) is 0 Å². The van der Waals surface area contributed by atoms with Gasteiger partial charge in [0, 0.05) is 30.2 Å². The Labute approximate surface area is 161 Å². The van der Waals surface area contributed by atoms with E-state index in [0.717, 1.165) is 11.9 Å². The minimum atomic E-state index is -2.94. The van der Waals surface area contributed by atoms with E-state index >= 15 is 0 Å².